The fourth-order valence-electron chi connectivity index (χ4n) is 2.34. The first-order chi connectivity index (χ1) is 11.6. The second-order valence-corrected chi connectivity index (χ2v) is 6.45. The highest BCUT2D eigenvalue weighted by Crippen LogP contribution is 2.28. The molecule has 1 aromatic heterocycles. The Labute approximate surface area is 143 Å². The van der Waals surface area contributed by atoms with E-state index in [1.165, 1.54) is 18.3 Å². The number of aryl methyl sites for hydroxylation is 1. The molecule has 2 aromatic carbocycles. The van der Waals surface area contributed by atoms with Gasteiger partial charge in [0.2, 0.25) is 11.8 Å². The molecule has 0 aliphatic carbocycles. The topological polar surface area (TPSA) is 71.1 Å². The van der Waals surface area contributed by atoms with Crippen molar-refractivity contribution in [2.45, 2.75) is 19.8 Å². The second kappa shape index (κ2) is 7.23. The number of aromatic nitrogens is 1. The zero-order chi connectivity index (χ0) is 16.9. The molecule has 122 valence electrons. The van der Waals surface area contributed by atoms with E-state index in [0.29, 0.717) is 23.7 Å². The highest BCUT2D eigenvalue weighted by molar-refractivity contribution is 7.22. The maximum Gasteiger partial charge on any atom is 0.224 e. The van der Waals surface area contributed by atoms with E-state index in [9.17, 15) is 9.59 Å². The van der Waals surface area contributed by atoms with Gasteiger partial charge in [-0.3, -0.25) is 9.59 Å². The summed E-state index contributed by atoms with van der Waals surface area (Å²) in [5.41, 5.74) is 2.60. The van der Waals surface area contributed by atoms with E-state index < -0.39 is 0 Å². The maximum absolute atomic E-state index is 12.1. The van der Waals surface area contributed by atoms with Crippen molar-refractivity contribution in [3.05, 3.63) is 54.1 Å². The molecule has 0 aliphatic heterocycles. The highest BCUT2D eigenvalue weighted by Gasteiger charge is 2.08. The molecule has 2 amide bonds. The number of anilines is 2. The largest absolute Gasteiger partial charge is 0.326 e. The van der Waals surface area contributed by atoms with Crippen LogP contribution in [0.5, 0.6) is 0 Å². The van der Waals surface area contributed by atoms with Crippen LogP contribution in [0.1, 0.15) is 18.9 Å². The molecule has 0 saturated carbocycles. The van der Waals surface area contributed by atoms with Crippen LogP contribution in [-0.2, 0) is 16.0 Å². The van der Waals surface area contributed by atoms with Crippen LogP contribution in [0.2, 0.25) is 0 Å². The number of carbonyl (C=O) groups excluding carboxylic acids is 2. The van der Waals surface area contributed by atoms with Crippen LogP contribution in [-0.4, -0.2) is 16.8 Å². The summed E-state index contributed by atoms with van der Waals surface area (Å²) in [7, 11) is 0. The molecule has 0 bridgehead atoms. The van der Waals surface area contributed by atoms with Gasteiger partial charge in [0.1, 0.15) is 0 Å². The maximum atomic E-state index is 12.1. The van der Waals surface area contributed by atoms with Crippen molar-refractivity contribution in [2.75, 3.05) is 10.6 Å². The van der Waals surface area contributed by atoms with Gasteiger partial charge in [0.25, 0.3) is 0 Å². The van der Waals surface area contributed by atoms with Crippen molar-refractivity contribution < 1.29 is 9.59 Å². The van der Waals surface area contributed by atoms with Crippen LogP contribution >= 0.6 is 11.3 Å². The lowest BCUT2D eigenvalue weighted by atomic mass is 10.1. The quantitative estimate of drug-likeness (QED) is 0.742. The van der Waals surface area contributed by atoms with Gasteiger partial charge in [0, 0.05) is 19.0 Å². The number of amides is 2. The van der Waals surface area contributed by atoms with E-state index in [4.69, 9.17) is 0 Å². The second-order valence-electron chi connectivity index (χ2n) is 5.42. The molecule has 0 radical (unpaired) electrons. The average molecular weight is 339 g/mol. The van der Waals surface area contributed by atoms with Gasteiger partial charge < -0.3 is 10.6 Å². The summed E-state index contributed by atoms with van der Waals surface area (Å²) in [5, 5.41) is 6.13. The average Bonchev–Trinajstić information content (AvgIpc) is 2.94. The third kappa shape index (κ3) is 4.17. The predicted octanol–water partition coefficient (Wildman–Crippen LogP) is 3.83. The normalized spacial score (nSPS) is 10.5. The number of carbonyl (C=O) groups is 2. The van der Waals surface area contributed by atoms with Gasteiger partial charge >= 0.3 is 0 Å². The standard InChI is InChI=1S/C18H17N3O2S/c1-12(22)19-18-21-15-11-14(8-9-16(15)24-18)20-17(23)10-7-13-5-3-2-4-6-13/h2-6,8-9,11H,7,10H2,1H3,(H,20,23)(H,19,21,22). The van der Waals surface area contributed by atoms with Gasteiger partial charge in [-0.05, 0) is 30.2 Å². The SMILES string of the molecule is CC(=O)Nc1nc2cc(NC(=O)CCc3ccccc3)ccc2s1. The monoisotopic (exact) mass is 339 g/mol. The molecule has 0 aliphatic rings. The fraction of sp³-hybridized carbons (Fsp3) is 0.167. The van der Waals surface area contributed by atoms with Gasteiger partial charge in [0.15, 0.2) is 5.13 Å². The Balaban J connectivity index is 1.64. The minimum Gasteiger partial charge on any atom is -0.326 e. The Morgan fingerprint density at radius 1 is 1.08 bits per heavy atom. The molecule has 0 saturated heterocycles. The van der Waals surface area contributed by atoms with E-state index >= 15 is 0 Å². The Morgan fingerprint density at radius 3 is 2.62 bits per heavy atom. The van der Waals surface area contributed by atoms with Crippen molar-refractivity contribution in [1.82, 2.24) is 4.98 Å². The predicted molar refractivity (Wildman–Crippen MR) is 97.3 cm³/mol. The van der Waals surface area contributed by atoms with Gasteiger partial charge in [0.05, 0.1) is 10.2 Å². The Bertz CT molecular complexity index is 874. The molecule has 3 aromatic rings. The molecule has 5 nitrogen and oxygen atoms in total. The minimum atomic E-state index is -0.150. The molecule has 2 N–H and O–H groups in total. The van der Waals surface area contributed by atoms with Gasteiger partial charge in [-0.25, -0.2) is 4.98 Å². The summed E-state index contributed by atoms with van der Waals surface area (Å²) in [5.74, 6) is -0.181. The Kier molecular flexibility index (Phi) is 4.86. The van der Waals surface area contributed by atoms with Crippen LogP contribution < -0.4 is 10.6 Å². The number of nitrogens with one attached hydrogen (secondary N) is 2. The highest BCUT2D eigenvalue weighted by atomic mass is 32.1. The van der Waals surface area contributed by atoms with Crippen molar-refractivity contribution in [2.24, 2.45) is 0 Å². The van der Waals surface area contributed by atoms with Crippen molar-refractivity contribution in [1.29, 1.82) is 0 Å². The zero-order valence-corrected chi connectivity index (χ0v) is 14.0. The summed E-state index contributed by atoms with van der Waals surface area (Å²) in [6, 6.07) is 15.5. The first kappa shape index (κ1) is 16.1. The van der Waals surface area contributed by atoms with Gasteiger partial charge in [-0.1, -0.05) is 41.7 Å². The van der Waals surface area contributed by atoms with E-state index in [1.54, 1.807) is 0 Å². The van der Waals surface area contributed by atoms with Gasteiger partial charge in [-0.2, -0.15) is 0 Å². The lowest BCUT2D eigenvalue weighted by Crippen LogP contribution is -2.12. The molecule has 1 heterocycles. The summed E-state index contributed by atoms with van der Waals surface area (Å²) in [6.07, 6.45) is 1.13. The molecular formula is C18H17N3O2S. The summed E-state index contributed by atoms with van der Waals surface area (Å²) in [4.78, 5) is 27.5. The molecule has 6 heteroatoms. The lowest BCUT2D eigenvalue weighted by molar-refractivity contribution is -0.116. The Morgan fingerprint density at radius 2 is 1.88 bits per heavy atom. The molecule has 0 fully saturated rings. The number of thiazole rings is 1. The third-order valence-corrected chi connectivity index (χ3v) is 4.39. The van der Waals surface area contributed by atoms with Crippen LogP contribution in [0.3, 0.4) is 0 Å². The molecule has 24 heavy (non-hydrogen) atoms. The number of rotatable bonds is 5. The van der Waals surface area contributed by atoms with Crippen LogP contribution in [0.15, 0.2) is 48.5 Å². The molecular weight excluding hydrogens is 322 g/mol. The van der Waals surface area contributed by atoms with Gasteiger partial charge in [-0.15, -0.1) is 0 Å². The molecule has 0 spiro atoms. The number of hydrogen-bond acceptors (Lipinski definition) is 4. The van der Waals surface area contributed by atoms with Crippen molar-refractivity contribution in [3.8, 4) is 0 Å². The first-order valence-corrected chi connectivity index (χ1v) is 8.44. The number of fused-ring (bicyclic) bond motifs is 1. The number of nitrogens with zero attached hydrogens (tertiary/aromatic N) is 1. The minimum absolute atomic E-state index is 0.0319. The van der Waals surface area contributed by atoms with Crippen molar-refractivity contribution >= 4 is 44.2 Å². The number of benzene rings is 2. The van der Waals surface area contributed by atoms with Crippen LogP contribution in [0, 0.1) is 0 Å². The van der Waals surface area contributed by atoms with E-state index in [1.807, 2.05) is 48.5 Å². The molecule has 3 rings (SSSR count). The summed E-state index contributed by atoms with van der Waals surface area (Å²) < 4.78 is 0.959. The first-order valence-electron chi connectivity index (χ1n) is 7.62. The van der Waals surface area contributed by atoms with Crippen LogP contribution in [0.4, 0.5) is 10.8 Å². The lowest BCUT2D eigenvalue weighted by Gasteiger charge is -2.05. The summed E-state index contributed by atoms with van der Waals surface area (Å²) >= 11 is 1.40. The zero-order valence-electron chi connectivity index (χ0n) is 13.2. The number of hydrogen-bond donors (Lipinski definition) is 2. The van der Waals surface area contributed by atoms with E-state index in [0.717, 1.165) is 15.8 Å². The molecule has 0 unspecified atom stereocenters. The van der Waals surface area contributed by atoms with E-state index in [-0.39, 0.29) is 11.8 Å². The van der Waals surface area contributed by atoms with Crippen molar-refractivity contribution in [3.63, 3.8) is 0 Å². The molecule has 0 atom stereocenters. The van der Waals surface area contributed by atoms with E-state index in [2.05, 4.69) is 15.6 Å². The smallest absolute Gasteiger partial charge is 0.224 e. The Hall–Kier alpha value is -2.73. The fourth-order valence-corrected chi connectivity index (χ4v) is 3.23. The van der Waals surface area contributed by atoms with Crippen LogP contribution in [0.25, 0.3) is 10.2 Å². The summed E-state index contributed by atoms with van der Waals surface area (Å²) in [6.45, 7) is 1.45. The third-order valence-electron chi connectivity index (χ3n) is 3.44.